The molecular weight excluding hydrogens is 266 g/mol. The van der Waals surface area contributed by atoms with Gasteiger partial charge in [-0.15, -0.1) is 0 Å². The van der Waals surface area contributed by atoms with Gasteiger partial charge in [-0.3, -0.25) is 0 Å². The van der Waals surface area contributed by atoms with Crippen LogP contribution in [0.15, 0.2) is 12.1 Å². The van der Waals surface area contributed by atoms with Crippen LogP contribution in [0.25, 0.3) is 0 Å². The van der Waals surface area contributed by atoms with Gasteiger partial charge in [-0.05, 0) is 31.2 Å². The monoisotopic (exact) mass is 287 g/mol. The third-order valence-electron chi connectivity index (χ3n) is 2.65. The average Bonchev–Trinajstić information content (AvgIpc) is 2.37. The van der Waals surface area contributed by atoms with Gasteiger partial charge in [0.25, 0.3) is 0 Å². The maximum atomic E-state index is 9.21. The van der Waals surface area contributed by atoms with E-state index in [1.165, 1.54) is 0 Å². The highest BCUT2D eigenvalue weighted by molar-refractivity contribution is 6.32. The Morgan fingerprint density at radius 3 is 2.74 bits per heavy atom. The van der Waals surface area contributed by atoms with E-state index in [0.29, 0.717) is 29.5 Å². The van der Waals surface area contributed by atoms with Gasteiger partial charge >= 0.3 is 0 Å². The Labute approximate surface area is 119 Å². The SMILES string of the molecule is CCNCc1cc(Cl)c(OCCC(C)O)c(OC)c1. The minimum absolute atomic E-state index is 0.391. The van der Waals surface area contributed by atoms with Crippen LogP contribution in [0.3, 0.4) is 0 Å². The first kappa shape index (κ1) is 16.1. The number of hydrogen-bond acceptors (Lipinski definition) is 4. The number of aliphatic hydroxyl groups excluding tert-OH is 1. The molecule has 1 rings (SSSR count). The summed E-state index contributed by atoms with van der Waals surface area (Å²) in [6, 6.07) is 3.77. The molecule has 0 aliphatic carbocycles. The van der Waals surface area contributed by atoms with Crippen LogP contribution >= 0.6 is 11.6 Å². The molecule has 0 saturated carbocycles. The number of nitrogens with one attached hydrogen (secondary N) is 1. The smallest absolute Gasteiger partial charge is 0.179 e. The molecule has 0 radical (unpaired) electrons. The summed E-state index contributed by atoms with van der Waals surface area (Å²) in [5.74, 6) is 1.15. The highest BCUT2D eigenvalue weighted by Crippen LogP contribution is 2.36. The molecule has 0 spiro atoms. The second kappa shape index (κ2) is 8.25. The summed E-state index contributed by atoms with van der Waals surface area (Å²) >= 11 is 6.21. The molecule has 1 unspecified atom stereocenters. The second-order valence-electron chi connectivity index (χ2n) is 4.38. The summed E-state index contributed by atoms with van der Waals surface area (Å²) in [7, 11) is 1.59. The summed E-state index contributed by atoms with van der Waals surface area (Å²) in [4.78, 5) is 0. The van der Waals surface area contributed by atoms with Gasteiger partial charge in [0.2, 0.25) is 0 Å². The Balaban J connectivity index is 2.79. The molecule has 0 aromatic heterocycles. The van der Waals surface area contributed by atoms with Crippen LogP contribution in [-0.2, 0) is 6.54 Å². The third kappa shape index (κ3) is 5.27. The lowest BCUT2D eigenvalue weighted by molar-refractivity contribution is 0.154. The number of ether oxygens (including phenoxy) is 2. The third-order valence-corrected chi connectivity index (χ3v) is 2.93. The van der Waals surface area contributed by atoms with Gasteiger partial charge in [-0.2, -0.15) is 0 Å². The molecule has 19 heavy (non-hydrogen) atoms. The molecule has 0 saturated heterocycles. The first-order valence-corrected chi connectivity index (χ1v) is 6.84. The Morgan fingerprint density at radius 2 is 2.16 bits per heavy atom. The molecule has 1 aromatic rings. The number of rotatable bonds is 8. The van der Waals surface area contributed by atoms with Gasteiger partial charge < -0.3 is 19.9 Å². The van der Waals surface area contributed by atoms with Gasteiger partial charge in [-0.25, -0.2) is 0 Å². The normalized spacial score (nSPS) is 12.3. The maximum Gasteiger partial charge on any atom is 0.179 e. The summed E-state index contributed by atoms with van der Waals surface area (Å²) in [5.41, 5.74) is 1.05. The fourth-order valence-electron chi connectivity index (χ4n) is 1.62. The van der Waals surface area contributed by atoms with Crippen molar-refractivity contribution in [1.29, 1.82) is 0 Å². The van der Waals surface area contributed by atoms with Crippen molar-refractivity contribution in [3.8, 4) is 11.5 Å². The van der Waals surface area contributed by atoms with Crippen molar-refractivity contribution < 1.29 is 14.6 Å². The maximum absolute atomic E-state index is 9.21. The lowest BCUT2D eigenvalue weighted by atomic mass is 10.2. The molecule has 0 aliphatic rings. The van der Waals surface area contributed by atoms with Crippen LogP contribution in [0.4, 0.5) is 0 Å². The Hall–Kier alpha value is -0.970. The summed E-state index contributed by atoms with van der Waals surface area (Å²) in [6.45, 7) is 5.81. The van der Waals surface area contributed by atoms with E-state index >= 15 is 0 Å². The van der Waals surface area contributed by atoms with E-state index in [2.05, 4.69) is 5.32 Å². The fourth-order valence-corrected chi connectivity index (χ4v) is 1.90. The van der Waals surface area contributed by atoms with Crippen molar-refractivity contribution >= 4 is 11.6 Å². The fraction of sp³-hybridized carbons (Fsp3) is 0.571. The van der Waals surface area contributed by atoms with E-state index in [4.69, 9.17) is 21.1 Å². The van der Waals surface area contributed by atoms with Gasteiger partial charge in [0.05, 0.1) is 24.8 Å². The van der Waals surface area contributed by atoms with E-state index < -0.39 is 6.10 Å². The van der Waals surface area contributed by atoms with E-state index in [1.54, 1.807) is 14.0 Å². The summed E-state index contributed by atoms with van der Waals surface area (Å²) in [5, 5.41) is 13.0. The minimum Gasteiger partial charge on any atom is -0.493 e. The van der Waals surface area contributed by atoms with Crippen LogP contribution in [-0.4, -0.2) is 31.5 Å². The number of halogens is 1. The molecule has 108 valence electrons. The quantitative estimate of drug-likeness (QED) is 0.772. The van der Waals surface area contributed by atoms with Crippen LogP contribution in [0.5, 0.6) is 11.5 Å². The second-order valence-corrected chi connectivity index (χ2v) is 4.78. The Morgan fingerprint density at radius 1 is 1.42 bits per heavy atom. The molecule has 5 heteroatoms. The van der Waals surface area contributed by atoms with Crippen molar-refractivity contribution in [2.24, 2.45) is 0 Å². The largest absolute Gasteiger partial charge is 0.493 e. The van der Waals surface area contributed by atoms with Crippen LogP contribution in [0.1, 0.15) is 25.8 Å². The summed E-state index contributed by atoms with van der Waals surface area (Å²) < 4.78 is 10.9. The topological polar surface area (TPSA) is 50.7 Å². The zero-order valence-electron chi connectivity index (χ0n) is 11.7. The molecular formula is C14H22ClNO3. The molecule has 1 aromatic carbocycles. The zero-order valence-corrected chi connectivity index (χ0v) is 12.5. The van der Waals surface area contributed by atoms with Crippen LogP contribution in [0.2, 0.25) is 5.02 Å². The number of benzene rings is 1. The van der Waals surface area contributed by atoms with E-state index in [9.17, 15) is 5.11 Å². The van der Waals surface area contributed by atoms with Gasteiger partial charge in [-0.1, -0.05) is 18.5 Å². The van der Waals surface area contributed by atoms with Crippen molar-refractivity contribution in [2.75, 3.05) is 20.3 Å². The summed E-state index contributed by atoms with van der Waals surface area (Å²) in [6.07, 6.45) is 0.163. The number of aliphatic hydroxyl groups is 1. The number of methoxy groups -OCH3 is 1. The van der Waals surface area contributed by atoms with Gasteiger partial charge in [0, 0.05) is 13.0 Å². The Kier molecular flexibility index (Phi) is 6.99. The highest BCUT2D eigenvalue weighted by Gasteiger charge is 2.12. The van der Waals surface area contributed by atoms with Crippen molar-refractivity contribution in [3.63, 3.8) is 0 Å². The van der Waals surface area contributed by atoms with E-state index in [0.717, 1.165) is 18.7 Å². The first-order valence-electron chi connectivity index (χ1n) is 6.46. The Bertz CT molecular complexity index is 397. The molecule has 1 atom stereocenters. The number of hydrogen-bond donors (Lipinski definition) is 2. The minimum atomic E-state index is -0.391. The van der Waals surface area contributed by atoms with Crippen molar-refractivity contribution in [2.45, 2.75) is 32.9 Å². The lowest BCUT2D eigenvalue weighted by Gasteiger charge is -2.15. The molecule has 0 heterocycles. The lowest BCUT2D eigenvalue weighted by Crippen LogP contribution is -2.12. The standard InChI is InChI=1S/C14H22ClNO3/c1-4-16-9-11-7-12(15)14(13(8-11)18-3)19-6-5-10(2)17/h7-8,10,16-17H,4-6,9H2,1-3H3. The van der Waals surface area contributed by atoms with Crippen LogP contribution in [0, 0.1) is 0 Å². The van der Waals surface area contributed by atoms with Gasteiger partial charge in [0.15, 0.2) is 11.5 Å². The van der Waals surface area contributed by atoms with E-state index in [-0.39, 0.29) is 0 Å². The molecule has 0 amide bonds. The average molecular weight is 288 g/mol. The molecule has 4 nitrogen and oxygen atoms in total. The predicted molar refractivity (Wildman–Crippen MR) is 77.2 cm³/mol. The van der Waals surface area contributed by atoms with Crippen molar-refractivity contribution in [1.82, 2.24) is 5.32 Å². The van der Waals surface area contributed by atoms with Gasteiger partial charge in [0.1, 0.15) is 0 Å². The van der Waals surface area contributed by atoms with E-state index in [1.807, 2.05) is 19.1 Å². The molecule has 0 aliphatic heterocycles. The molecule has 2 N–H and O–H groups in total. The first-order chi connectivity index (χ1) is 9.08. The zero-order chi connectivity index (χ0) is 14.3. The highest BCUT2D eigenvalue weighted by atomic mass is 35.5. The molecule has 0 bridgehead atoms. The predicted octanol–water partition coefficient (Wildman–Crippen LogP) is 2.61. The van der Waals surface area contributed by atoms with Crippen LogP contribution < -0.4 is 14.8 Å². The molecule has 0 fully saturated rings. The van der Waals surface area contributed by atoms with Crippen molar-refractivity contribution in [3.05, 3.63) is 22.7 Å².